The third-order valence-corrected chi connectivity index (χ3v) is 7.96. The minimum absolute atomic E-state index is 0.219. The van der Waals surface area contributed by atoms with Crippen molar-refractivity contribution in [1.29, 1.82) is 0 Å². The number of carbonyl (C=O) groups is 1. The number of aryl methyl sites for hydroxylation is 1. The van der Waals surface area contributed by atoms with E-state index >= 15 is 0 Å². The zero-order valence-corrected chi connectivity index (χ0v) is 24.7. The lowest BCUT2D eigenvalue weighted by Gasteiger charge is -2.28. The van der Waals surface area contributed by atoms with Gasteiger partial charge in [0.2, 0.25) is 0 Å². The zero-order valence-electron chi connectivity index (χ0n) is 23.9. The topological polar surface area (TPSA) is 88.9 Å². The molecule has 0 spiro atoms. The van der Waals surface area contributed by atoms with Crippen LogP contribution in [0.1, 0.15) is 45.1 Å². The highest BCUT2D eigenvalue weighted by molar-refractivity contribution is 7.80. The number of aromatic carboxylic acids is 1. The normalized spacial score (nSPS) is 16.2. The molecule has 0 radical (unpaired) electrons. The van der Waals surface area contributed by atoms with Gasteiger partial charge in [-0.05, 0) is 117 Å². The van der Waals surface area contributed by atoms with Gasteiger partial charge in [0.25, 0.3) is 0 Å². The van der Waals surface area contributed by atoms with Gasteiger partial charge >= 0.3 is 5.97 Å². The number of nitrogens with zero attached hydrogens (tertiary/aromatic N) is 3. The number of benzene rings is 3. The smallest absolute Gasteiger partial charge is 0.335 e. The van der Waals surface area contributed by atoms with Crippen LogP contribution in [0, 0.1) is 13.8 Å². The summed E-state index contributed by atoms with van der Waals surface area (Å²) in [6.07, 6.45) is 1.78. The van der Waals surface area contributed by atoms with Gasteiger partial charge in [-0.25, -0.2) is 4.79 Å². The van der Waals surface area contributed by atoms with Crippen LogP contribution < -0.4 is 19.7 Å². The highest BCUT2D eigenvalue weighted by Gasteiger charge is 2.42. The quantitative estimate of drug-likeness (QED) is 0.184. The van der Waals surface area contributed by atoms with E-state index in [-0.39, 0.29) is 17.6 Å². The molecule has 9 heteroatoms. The third kappa shape index (κ3) is 5.42. The number of pyridine rings is 1. The van der Waals surface area contributed by atoms with Gasteiger partial charge < -0.3 is 29.4 Å². The van der Waals surface area contributed by atoms with Crippen molar-refractivity contribution in [1.82, 2.24) is 14.9 Å². The number of anilines is 1. The number of carboxylic acids is 1. The van der Waals surface area contributed by atoms with Crippen molar-refractivity contribution in [3.63, 3.8) is 0 Å². The molecule has 0 unspecified atom stereocenters. The summed E-state index contributed by atoms with van der Waals surface area (Å²) in [5.41, 5.74) is 5.82. The summed E-state index contributed by atoms with van der Waals surface area (Å²) in [7, 11) is 1.63. The van der Waals surface area contributed by atoms with Crippen LogP contribution in [-0.2, 0) is 0 Å². The first-order valence-corrected chi connectivity index (χ1v) is 14.2. The van der Waals surface area contributed by atoms with Gasteiger partial charge in [-0.15, -0.1) is 0 Å². The van der Waals surface area contributed by atoms with Crippen LogP contribution >= 0.6 is 12.2 Å². The number of thiocarbonyl (C=S) groups is 1. The Bertz CT molecular complexity index is 1790. The maximum Gasteiger partial charge on any atom is 0.335 e. The molecule has 2 atom stereocenters. The number of ether oxygens (including phenoxy) is 2. The van der Waals surface area contributed by atoms with E-state index in [9.17, 15) is 9.90 Å². The van der Waals surface area contributed by atoms with Crippen molar-refractivity contribution in [3.05, 3.63) is 131 Å². The molecule has 1 aliphatic rings. The average molecular weight is 591 g/mol. The highest BCUT2D eigenvalue weighted by atomic mass is 32.1. The van der Waals surface area contributed by atoms with E-state index in [4.69, 9.17) is 21.7 Å². The van der Waals surface area contributed by atoms with Gasteiger partial charge in [-0.1, -0.05) is 12.1 Å². The summed E-state index contributed by atoms with van der Waals surface area (Å²) >= 11 is 5.93. The van der Waals surface area contributed by atoms with E-state index in [1.54, 1.807) is 31.5 Å². The van der Waals surface area contributed by atoms with Crippen molar-refractivity contribution >= 4 is 29.0 Å². The van der Waals surface area contributed by atoms with Crippen LogP contribution in [0.25, 0.3) is 5.69 Å². The molecule has 0 amide bonds. The third-order valence-electron chi connectivity index (χ3n) is 7.65. The fraction of sp³-hybridized carbons (Fsp3) is 0.147. The minimum Gasteiger partial charge on any atom is -0.497 e. The fourth-order valence-electron chi connectivity index (χ4n) is 5.67. The van der Waals surface area contributed by atoms with Crippen LogP contribution in [0.15, 0.2) is 103 Å². The second-order valence-corrected chi connectivity index (χ2v) is 10.7. The van der Waals surface area contributed by atoms with Gasteiger partial charge in [0.05, 0.1) is 30.5 Å². The minimum atomic E-state index is -0.962. The molecule has 1 saturated heterocycles. The highest BCUT2D eigenvalue weighted by Crippen LogP contribution is 2.44. The monoisotopic (exact) mass is 590 g/mol. The Balaban J connectivity index is 1.39. The van der Waals surface area contributed by atoms with E-state index in [0.29, 0.717) is 16.6 Å². The summed E-state index contributed by atoms with van der Waals surface area (Å²) < 4.78 is 13.4. The van der Waals surface area contributed by atoms with E-state index in [0.717, 1.165) is 39.8 Å². The number of hydrogen-bond donors (Lipinski definition) is 2. The number of nitrogens with one attached hydrogen (secondary N) is 1. The average Bonchev–Trinajstić information content (AvgIpc) is 3.52. The fourth-order valence-corrected chi connectivity index (χ4v) is 6.01. The van der Waals surface area contributed by atoms with Crippen LogP contribution in [-0.4, -0.2) is 32.8 Å². The summed E-state index contributed by atoms with van der Waals surface area (Å²) in [5, 5.41) is 13.7. The molecule has 0 bridgehead atoms. The maximum absolute atomic E-state index is 11.7. The molecular formula is C34H30N4O4S. The van der Waals surface area contributed by atoms with Crippen molar-refractivity contribution in [2.24, 2.45) is 0 Å². The molecule has 43 heavy (non-hydrogen) atoms. The predicted molar refractivity (Wildman–Crippen MR) is 170 cm³/mol. The molecule has 2 N–H and O–H groups in total. The largest absolute Gasteiger partial charge is 0.497 e. The van der Waals surface area contributed by atoms with Crippen molar-refractivity contribution < 1.29 is 19.4 Å². The number of methoxy groups -OCH3 is 1. The maximum atomic E-state index is 11.7. The van der Waals surface area contributed by atoms with E-state index in [2.05, 4.69) is 32.8 Å². The molecule has 3 aromatic carbocycles. The van der Waals surface area contributed by atoms with E-state index in [1.165, 1.54) is 0 Å². The molecule has 216 valence electrons. The van der Waals surface area contributed by atoms with Crippen LogP contribution in [0.5, 0.6) is 17.2 Å². The molecular weight excluding hydrogens is 560 g/mol. The number of carboxylic acid groups (broad SMARTS) is 1. The number of rotatable bonds is 8. The Labute approximate surface area is 255 Å². The van der Waals surface area contributed by atoms with Crippen LogP contribution in [0.4, 0.5) is 5.69 Å². The van der Waals surface area contributed by atoms with Gasteiger partial charge in [0, 0.05) is 29.0 Å². The molecule has 1 fully saturated rings. The predicted octanol–water partition coefficient (Wildman–Crippen LogP) is 7.17. The molecule has 5 aromatic rings. The zero-order chi connectivity index (χ0) is 30.1. The van der Waals surface area contributed by atoms with Gasteiger partial charge in [-0.3, -0.25) is 4.98 Å². The van der Waals surface area contributed by atoms with Crippen molar-refractivity contribution in [2.75, 3.05) is 12.0 Å². The second-order valence-electron chi connectivity index (χ2n) is 10.3. The van der Waals surface area contributed by atoms with Crippen molar-refractivity contribution in [2.45, 2.75) is 25.9 Å². The molecule has 2 aromatic heterocycles. The van der Waals surface area contributed by atoms with Crippen molar-refractivity contribution in [3.8, 4) is 22.9 Å². The molecule has 0 aliphatic carbocycles. The Morgan fingerprint density at radius 3 is 2.23 bits per heavy atom. The summed E-state index contributed by atoms with van der Waals surface area (Å²) in [5.74, 6) is 1.21. The molecule has 6 rings (SSSR count). The lowest BCUT2D eigenvalue weighted by atomic mass is 9.96. The Morgan fingerprint density at radius 2 is 1.58 bits per heavy atom. The van der Waals surface area contributed by atoms with Gasteiger partial charge in [-0.2, -0.15) is 0 Å². The summed E-state index contributed by atoms with van der Waals surface area (Å²) in [6, 6.07) is 29.8. The van der Waals surface area contributed by atoms with Crippen LogP contribution in [0.3, 0.4) is 0 Å². The lowest BCUT2D eigenvalue weighted by Crippen LogP contribution is -2.29. The lowest BCUT2D eigenvalue weighted by molar-refractivity contribution is 0.0697. The SMILES string of the molecule is COc1ccc(Oc2ccc(N3C(=S)N[C@H](c4ccccn4)[C@@H]3c3cc(C)n(-c4cccc(C(=O)O)c4)c3C)cc2)cc1. The summed E-state index contributed by atoms with van der Waals surface area (Å²) in [6.45, 7) is 4.08. The molecule has 0 saturated carbocycles. The molecule has 3 heterocycles. The van der Waals surface area contributed by atoms with E-state index < -0.39 is 5.97 Å². The van der Waals surface area contributed by atoms with Crippen LogP contribution in [0.2, 0.25) is 0 Å². The van der Waals surface area contributed by atoms with Gasteiger partial charge in [0.1, 0.15) is 17.2 Å². The Kier molecular flexibility index (Phi) is 7.56. The molecule has 1 aliphatic heterocycles. The summed E-state index contributed by atoms with van der Waals surface area (Å²) in [4.78, 5) is 18.5. The first kappa shape index (κ1) is 28.0. The molecule has 8 nitrogen and oxygen atoms in total. The first-order valence-electron chi connectivity index (χ1n) is 13.8. The standard InChI is InChI=1S/C34H30N4O4S/c1-21-19-29(22(2)37(21)25-8-6-7-23(20-25)33(39)40)32-31(30-9-4-5-18-35-30)36-34(43)38(32)24-10-12-27(13-11-24)42-28-16-14-26(41-3)15-17-28/h4-20,31-32H,1-3H3,(H,36,43)(H,39,40)/t31-,32+/m1/s1. The number of aromatic nitrogens is 2. The first-order chi connectivity index (χ1) is 20.8. The van der Waals surface area contributed by atoms with E-state index in [1.807, 2.05) is 79.7 Å². The Morgan fingerprint density at radius 1 is 0.884 bits per heavy atom. The second kappa shape index (κ2) is 11.6. The Hall–Kier alpha value is -5.15. The van der Waals surface area contributed by atoms with Gasteiger partial charge in [0.15, 0.2) is 5.11 Å². The number of hydrogen-bond acceptors (Lipinski definition) is 5.